The first-order valence-corrected chi connectivity index (χ1v) is 16.3. The van der Waals surface area contributed by atoms with E-state index >= 15 is 0 Å². The minimum absolute atomic E-state index is 0.0327. The summed E-state index contributed by atoms with van der Waals surface area (Å²) >= 11 is 0. The number of carbonyl (C=O) groups excluding carboxylic acids is 1. The monoisotopic (exact) mass is 607 g/mol. The largest absolute Gasteiger partial charge is 0.475 e. The van der Waals surface area contributed by atoms with Crippen molar-refractivity contribution in [2.24, 2.45) is 5.92 Å². The normalized spacial score (nSPS) is 20.6. The van der Waals surface area contributed by atoms with Crippen molar-refractivity contribution in [1.82, 2.24) is 19.8 Å². The van der Waals surface area contributed by atoms with Crippen molar-refractivity contribution in [3.8, 4) is 17.1 Å². The maximum atomic E-state index is 14.3. The molecule has 0 saturated carbocycles. The number of amides is 1. The number of aromatic nitrogens is 2. The summed E-state index contributed by atoms with van der Waals surface area (Å²) in [6, 6.07) is 13.6. The van der Waals surface area contributed by atoms with Crippen LogP contribution in [-0.2, 0) is 14.8 Å². The lowest BCUT2D eigenvalue weighted by molar-refractivity contribution is 0.0445. The first-order chi connectivity index (χ1) is 20.6. The van der Waals surface area contributed by atoms with Crippen molar-refractivity contribution < 1.29 is 22.7 Å². The fourth-order valence-electron chi connectivity index (χ4n) is 6.10. The molecule has 2 aliphatic heterocycles. The van der Waals surface area contributed by atoms with Gasteiger partial charge in [0, 0.05) is 50.0 Å². The van der Waals surface area contributed by atoms with E-state index in [1.54, 1.807) is 25.3 Å². The Bertz CT molecular complexity index is 1560. The molecule has 1 unspecified atom stereocenters. The first-order valence-electron chi connectivity index (χ1n) is 14.8. The third-order valence-electron chi connectivity index (χ3n) is 8.10. The van der Waals surface area contributed by atoms with Crippen LogP contribution in [0.2, 0.25) is 0 Å². The molecule has 3 heterocycles. The van der Waals surface area contributed by atoms with Gasteiger partial charge in [0.25, 0.3) is 15.9 Å². The van der Waals surface area contributed by atoms with E-state index in [2.05, 4.69) is 33.4 Å². The van der Waals surface area contributed by atoms with E-state index in [1.165, 1.54) is 12.1 Å². The standard InChI is InChI=1S/C32H41N5O5S/c1-21(2)16-26-20-42-29-18-28(30-22(3)8-6-9-23(30)4)33-32(34-29)35-43(39,40)27-11-7-10-24(17-27)31(38)37(26)25-12-13-36(19-25)14-15-41-5/h6-11,17-18,21,25-26H,12-16,19-20H2,1-5H3,(H,33,34,35)/t25?,26-/m1/s1. The van der Waals surface area contributed by atoms with Gasteiger partial charge in [-0.3, -0.25) is 9.69 Å². The van der Waals surface area contributed by atoms with Crippen molar-refractivity contribution in [2.75, 3.05) is 44.7 Å². The summed E-state index contributed by atoms with van der Waals surface area (Å²) in [4.78, 5) is 27.6. The number of rotatable bonds is 7. The number of methoxy groups -OCH3 is 1. The van der Waals surface area contributed by atoms with Gasteiger partial charge in [-0.15, -0.1) is 0 Å². The Morgan fingerprint density at radius 3 is 2.56 bits per heavy atom. The molecule has 2 atom stereocenters. The van der Waals surface area contributed by atoms with Gasteiger partial charge in [0.15, 0.2) is 0 Å². The lowest BCUT2D eigenvalue weighted by atomic mass is 9.99. The Labute approximate surface area is 254 Å². The molecule has 0 radical (unpaired) electrons. The number of sulfonamides is 1. The fourth-order valence-corrected chi connectivity index (χ4v) is 7.09. The number of hydrogen-bond donors (Lipinski definition) is 1. The zero-order valence-corrected chi connectivity index (χ0v) is 26.4. The maximum absolute atomic E-state index is 14.3. The number of fused-ring (bicyclic) bond motifs is 4. The van der Waals surface area contributed by atoms with Crippen LogP contribution >= 0.6 is 0 Å². The van der Waals surface area contributed by atoms with Gasteiger partial charge in [-0.2, -0.15) is 4.98 Å². The van der Waals surface area contributed by atoms with Crippen LogP contribution in [0.25, 0.3) is 11.3 Å². The molecule has 2 aromatic carbocycles. The summed E-state index contributed by atoms with van der Waals surface area (Å²) in [5.41, 5.74) is 3.75. The van der Waals surface area contributed by atoms with Crippen molar-refractivity contribution in [1.29, 1.82) is 0 Å². The summed E-state index contributed by atoms with van der Waals surface area (Å²) in [5.74, 6) is 0.224. The van der Waals surface area contributed by atoms with E-state index in [-0.39, 0.29) is 47.2 Å². The second kappa shape index (κ2) is 13.0. The molecule has 2 aliphatic rings. The molecule has 3 aromatic rings. The molecular weight excluding hydrogens is 566 g/mol. The summed E-state index contributed by atoms with van der Waals surface area (Å²) in [7, 11) is -2.43. The summed E-state index contributed by atoms with van der Waals surface area (Å²) < 4.78 is 41.3. The predicted molar refractivity (Wildman–Crippen MR) is 166 cm³/mol. The first kappa shape index (κ1) is 30.9. The number of ether oxygens (including phenoxy) is 2. The summed E-state index contributed by atoms with van der Waals surface area (Å²) in [6.07, 6.45) is 1.51. The van der Waals surface area contributed by atoms with E-state index in [0.29, 0.717) is 30.8 Å². The van der Waals surface area contributed by atoms with Crippen LogP contribution in [0.5, 0.6) is 5.88 Å². The van der Waals surface area contributed by atoms with E-state index < -0.39 is 10.0 Å². The highest BCUT2D eigenvalue weighted by Crippen LogP contribution is 2.31. The Hall–Kier alpha value is -3.54. The van der Waals surface area contributed by atoms with Crippen molar-refractivity contribution in [2.45, 2.75) is 57.5 Å². The van der Waals surface area contributed by atoms with Gasteiger partial charge in [0.05, 0.1) is 23.2 Å². The van der Waals surface area contributed by atoms with E-state index in [4.69, 9.17) is 9.47 Å². The Balaban J connectivity index is 1.62. The molecule has 0 aliphatic carbocycles. The second-order valence-electron chi connectivity index (χ2n) is 11.9. The quantitative estimate of drug-likeness (QED) is 0.417. The average molecular weight is 608 g/mol. The van der Waals surface area contributed by atoms with Crippen LogP contribution in [0.1, 0.15) is 48.2 Å². The topological polar surface area (TPSA) is 114 Å². The second-order valence-corrected chi connectivity index (χ2v) is 13.5. The van der Waals surface area contributed by atoms with Gasteiger partial charge in [0.1, 0.15) is 6.61 Å². The van der Waals surface area contributed by atoms with Gasteiger partial charge < -0.3 is 14.4 Å². The number of nitrogens with zero attached hydrogens (tertiary/aromatic N) is 4. The highest BCUT2D eigenvalue weighted by Gasteiger charge is 2.37. The third kappa shape index (κ3) is 7.00. The number of anilines is 1. The summed E-state index contributed by atoms with van der Waals surface area (Å²) in [5, 5.41) is 0. The average Bonchev–Trinajstić information content (AvgIpc) is 3.42. The molecular formula is C32H41N5O5S. The molecule has 1 saturated heterocycles. The molecule has 0 spiro atoms. The number of carbonyl (C=O) groups is 1. The third-order valence-corrected chi connectivity index (χ3v) is 9.43. The molecule has 5 rings (SSSR count). The van der Waals surface area contributed by atoms with E-state index in [1.807, 2.05) is 36.9 Å². The Kier molecular flexibility index (Phi) is 9.33. The minimum atomic E-state index is -4.11. The minimum Gasteiger partial charge on any atom is -0.475 e. The molecule has 1 N–H and O–H groups in total. The van der Waals surface area contributed by atoms with E-state index in [9.17, 15) is 13.2 Å². The van der Waals surface area contributed by atoms with Crippen LogP contribution in [-0.4, -0.2) is 86.1 Å². The molecule has 1 amide bonds. The van der Waals surface area contributed by atoms with Crippen molar-refractivity contribution >= 4 is 21.9 Å². The lowest BCUT2D eigenvalue weighted by Gasteiger charge is -2.37. The zero-order chi connectivity index (χ0) is 30.7. The number of aryl methyl sites for hydroxylation is 2. The van der Waals surface area contributed by atoms with Crippen LogP contribution in [0.15, 0.2) is 53.4 Å². The number of hydrogen-bond acceptors (Lipinski definition) is 8. The van der Waals surface area contributed by atoms with Crippen LogP contribution < -0.4 is 9.46 Å². The maximum Gasteiger partial charge on any atom is 0.264 e. The number of nitrogens with one attached hydrogen (secondary N) is 1. The molecule has 230 valence electrons. The van der Waals surface area contributed by atoms with Gasteiger partial charge >= 0.3 is 0 Å². The summed E-state index contributed by atoms with van der Waals surface area (Å²) in [6.45, 7) is 11.4. The Morgan fingerprint density at radius 1 is 1.09 bits per heavy atom. The highest BCUT2D eigenvalue weighted by molar-refractivity contribution is 7.92. The fraction of sp³-hybridized carbons (Fsp3) is 0.469. The molecule has 4 bridgehead atoms. The Morgan fingerprint density at radius 2 is 1.84 bits per heavy atom. The molecule has 1 aromatic heterocycles. The van der Waals surface area contributed by atoms with Crippen LogP contribution in [0.4, 0.5) is 5.95 Å². The van der Waals surface area contributed by atoms with Crippen molar-refractivity contribution in [3.05, 3.63) is 65.2 Å². The lowest BCUT2D eigenvalue weighted by Crippen LogP contribution is -2.51. The number of benzene rings is 2. The number of likely N-dealkylation sites (tertiary alicyclic amines) is 1. The molecule has 11 heteroatoms. The predicted octanol–water partition coefficient (Wildman–Crippen LogP) is 4.53. The van der Waals surface area contributed by atoms with Gasteiger partial charge in [-0.1, -0.05) is 38.1 Å². The van der Waals surface area contributed by atoms with Gasteiger partial charge in [-0.25, -0.2) is 18.1 Å². The molecule has 43 heavy (non-hydrogen) atoms. The van der Waals surface area contributed by atoms with E-state index in [0.717, 1.165) is 36.2 Å². The SMILES string of the molecule is COCCN1CCC(N2C(=O)c3cccc(c3)S(=O)(=O)Nc3nc(cc(-c4c(C)cccc4C)n3)OC[C@H]2CC(C)C)C1. The molecule has 10 nitrogen and oxygen atoms in total. The highest BCUT2D eigenvalue weighted by atomic mass is 32.2. The smallest absolute Gasteiger partial charge is 0.264 e. The zero-order valence-electron chi connectivity index (χ0n) is 25.5. The molecule has 1 fully saturated rings. The van der Waals surface area contributed by atoms with Crippen LogP contribution in [0, 0.1) is 19.8 Å². The van der Waals surface area contributed by atoms with Crippen LogP contribution in [0.3, 0.4) is 0 Å². The van der Waals surface area contributed by atoms with Crippen molar-refractivity contribution in [3.63, 3.8) is 0 Å². The van der Waals surface area contributed by atoms with Gasteiger partial charge in [0.2, 0.25) is 11.8 Å². The van der Waals surface area contributed by atoms with Gasteiger partial charge in [-0.05, 0) is 61.9 Å².